The van der Waals surface area contributed by atoms with E-state index in [0.29, 0.717) is 16.4 Å². The van der Waals surface area contributed by atoms with Crippen LogP contribution in [-0.2, 0) is 23.1 Å². The molecule has 3 aromatic heterocycles. The van der Waals surface area contributed by atoms with Crippen LogP contribution in [0, 0.1) is 0 Å². The Morgan fingerprint density at radius 1 is 0.811 bits per heavy atom. The van der Waals surface area contributed by atoms with E-state index in [1.54, 1.807) is 29.4 Å². The van der Waals surface area contributed by atoms with Crippen LogP contribution in [-0.4, -0.2) is 62.0 Å². The number of benzene rings is 2. The fraction of sp³-hybridized carbons (Fsp3) is 0.390. The molecule has 10 nitrogen and oxygen atoms in total. The van der Waals surface area contributed by atoms with Gasteiger partial charge in [0.15, 0.2) is 12.1 Å². The number of nitrogens with zero attached hydrogens (tertiary/aromatic N) is 3. The molecule has 0 spiro atoms. The van der Waals surface area contributed by atoms with E-state index >= 15 is 0 Å². The summed E-state index contributed by atoms with van der Waals surface area (Å²) in [5, 5.41) is 27.5. The molecule has 0 saturated carbocycles. The Hall–Kier alpha value is -4.49. The first-order valence-electron chi connectivity index (χ1n) is 18.1. The van der Waals surface area contributed by atoms with Crippen molar-refractivity contribution in [2.75, 3.05) is 6.61 Å². The zero-order valence-corrected chi connectivity index (χ0v) is 32.4. The lowest BCUT2D eigenvalue weighted by Crippen LogP contribution is -2.54. The van der Waals surface area contributed by atoms with E-state index in [-0.39, 0.29) is 24.2 Å². The topological polar surface area (TPSA) is 147 Å². The number of aliphatic hydroxyl groups is 2. The molecule has 0 aliphatic carbocycles. The van der Waals surface area contributed by atoms with Gasteiger partial charge in [-0.2, -0.15) is 0 Å². The van der Waals surface area contributed by atoms with Crippen LogP contribution >= 0.6 is 22.7 Å². The second kappa shape index (κ2) is 19.0. The summed E-state index contributed by atoms with van der Waals surface area (Å²) in [4.78, 5) is 42.1. The summed E-state index contributed by atoms with van der Waals surface area (Å²) in [6, 6.07) is 17.2. The molecule has 3 heterocycles. The Balaban J connectivity index is 1.25. The Labute approximate surface area is 319 Å². The molecule has 280 valence electrons. The number of carbonyl (C=O) groups is 2. The number of amides is 2. The fourth-order valence-corrected chi connectivity index (χ4v) is 7.21. The second-order valence-electron chi connectivity index (χ2n) is 14.1. The number of aliphatic hydroxyl groups excluding tert-OH is 1. The van der Waals surface area contributed by atoms with Gasteiger partial charge in [-0.1, -0.05) is 89.8 Å². The molecule has 53 heavy (non-hydrogen) atoms. The van der Waals surface area contributed by atoms with Crippen molar-refractivity contribution in [2.45, 2.75) is 96.4 Å². The lowest BCUT2D eigenvalue weighted by Gasteiger charge is -2.24. The van der Waals surface area contributed by atoms with Crippen LogP contribution in [0.15, 0.2) is 83.9 Å². The minimum atomic E-state index is -1.82. The van der Waals surface area contributed by atoms with Crippen LogP contribution in [0.5, 0.6) is 5.75 Å². The average Bonchev–Trinajstić information content (AvgIpc) is 3.87. The van der Waals surface area contributed by atoms with Gasteiger partial charge in [-0.05, 0) is 47.2 Å². The molecule has 0 fully saturated rings. The maximum absolute atomic E-state index is 13.7. The van der Waals surface area contributed by atoms with Crippen molar-refractivity contribution in [1.82, 2.24) is 25.6 Å². The van der Waals surface area contributed by atoms with Crippen molar-refractivity contribution >= 4 is 34.5 Å². The fourth-order valence-electron chi connectivity index (χ4n) is 5.67. The predicted octanol–water partition coefficient (Wildman–Crippen LogP) is 7.35. The maximum Gasteiger partial charge on any atom is 0.262 e. The average molecular weight is 756 g/mol. The monoisotopic (exact) mass is 755 g/mol. The third kappa shape index (κ3) is 11.8. The molecule has 0 aliphatic heterocycles. The first kappa shape index (κ1) is 39.7. The largest absolute Gasteiger partial charge is 0.494 e. The van der Waals surface area contributed by atoms with E-state index in [1.807, 2.05) is 54.6 Å². The Morgan fingerprint density at radius 2 is 1.51 bits per heavy atom. The maximum atomic E-state index is 13.7. The molecule has 5 aromatic rings. The minimum Gasteiger partial charge on any atom is -0.494 e. The number of hydrogen-bond donors (Lipinski definition) is 4. The summed E-state index contributed by atoms with van der Waals surface area (Å²) in [7, 11) is 0. The van der Waals surface area contributed by atoms with Crippen molar-refractivity contribution < 1.29 is 24.5 Å². The van der Waals surface area contributed by atoms with Gasteiger partial charge in [0.2, 0.25) is 5.91 Å². The van der Waals surface area contributed by atoms with Crippen LogP contribution in [0.3, 0.4) is 0 Å². The quantitative estimate of drug-likeness (QED) is 0.0537. The molecule has 2 amide bonds. The third-order valence-corrected chi connectivity index (χ3v) is 10.9. The van der Waals surface area contributed by atoms with Gasteiger partial charge in [0.25, 0.3) is 5.91 Å². The predicted molar refractivity (Wildman–Crippen MR) is 211 cm³/mol. The third-order valence-electron chi connectivity index (χ3n) is 8.80. The minimum absolute atomic E-state index is 0.125. The van der Waals surface area contributed by atoms with Gasteiger partial charge in [0.05, 0.1) is 28.7 Å². The van der Waals surface area contributed by atoms with Gasteiger partial charge in [-0.3, -0.25) is 9.59 Å². The molecule has 0 aliphatic rings. The first-order chi connectivity index (χ1) is 25.5. The van der Waals surface area contributed by atoms with Crippen molar-refractivity contribution in [3.63, 3.8) is 0 Å². The van der Waals surface area contributed by atoms with Crippen LogP contribution in [0.1, 0.15) is 85.6 Å². The van der Waals surface area contributed by atoms with Gasteiger partial charge in [0, 0.05) is 46.6 Å². The number of aromatic nitrogens is 3. The molecule has 0 radical (unpaired) electrons. The van der Waals surface area contributed by atoms with E-state index in [9.17, 15) is 19.8 Å². The number of carbonyl (C=O) groups excluding carboxylic acids is 2. The van der Waals surface area contributed by atoms with E-state index < -0.39 is 24.3 Å². The molecule has 12 heteroatoms. The molecule has 5 rings (SSSR count). The molecular formula is C41H49N5O5S2. The number of rotatable bonds is 18. The standard InChI is InChI=1S/C41H49N5O5S2/c1-5-6-7-8-9-20-51-32-16-14-28(15-17-32)30-23-42-37(43-24-30)29-12-10-27(11-13-29)21-33(45-39(48)35-18-19-36(53-35)41(2,3)4)38(47)46-34(40(49)50)22-31-25-52-26-44-31/h10-19,23-26,33-34,40,49-50H,5-9,20-22H2,1-4H3,(H,45,48)(H,46,47)/t33-,34-/m0/s1. The smallest absolute Gasteiger partial charge is 0.262 e. The Kier molecular flexibility index (Phi) is 14.3. The van der Waals surface area contributed by atoms with Crippen molar-refractivity contribution in [1.29, 1.82) is 0 Å². The van der Waals surface area contributed by atoms with Crippen molar-refractivity contribution in [2.24, 2.45) is 0 Å². The summed E-state index contributed by atoms with van der Waals surface area (Å²) >= 11 is 2.76. The lowest BCUT2D eigenvalue weighted by atomic mass is 9.95. The van der Waals surface area contributed by atoms with Gasteiger partial charge in [-0.15, -0.1) is 22.7 Å². The molecule has 2 atom stereocenters. The highest BCUT2D eigenvalue weighted by molar-refractivity contribution is 7.14. The highest BCUT2D eigenvalue weighted by Crippen LogP contribution is 2.30. The van der Waals surface area contributed by atoms with Gasteiger partial charge in [0.1, 0.15) is 11.8 Å². The SMILES string of the molecule is CCCCCCCOc1ccc(-c2cnc(-c3ccc(C[C@H](NC(=O)c4ccc(C(C)(C)C)s4)C(=O)N[C@@H](Cc4cscn4)C(O)O)cc3)nc2)cc1. The molecule has 2 aromatic carbocycles. The Bertz CT molecular complexity index is 1870. The van der Waals surface area contributed by atoms with Gasteiger partial charge in [-0.25, -0.2) is 15.0 Å². The van der Waals surface area contributed by atoms with Crippen LogP contribution in [0.25, 0.3) is 22.5 Å². The second-order valence-corrected chi connectivity index (χ2v) is 15.9. The molecule has 0 saturated heterocycles. The number of unbranched alkanes of at least 4 members (excludes halogenated alkanes) is 4. The first-order valence-corrected chi connectivity index (χ1v) is 19.9. The number of nitrogens with one attached hydrogen (secondary N) is 2. The van der Waals surface area contributed by atoms with Crippen LogP contribution in [0.2, 0.25) is 0 Å². The molecular weight excluding hydrogens is 707 g/mol. The van der Waals surface area contributed by atoms with E-state index in [2.05, 4.69) is 53.3 Å². The zero-order valence-electron chi connectivity index (χ0n) is 30.7. The van der Waals surface area contributed by atoms with Crippen molar-refractivity contribution in [3.05, 3.63) is 105 Å². The molecule has 0 bridgehead atoms. The summed E-state index contributed by atoms with van der Waals surface area (Å²) in [5.74, 6) is 0.490. The summed E-state index contributed by atoms with van der Waals surface area (Å²) < 4.78 is 5.90. The number of thiophene rings is 1. The molecule has 0 unspecified atom stereocenters. The number of ether oxygens (including phenoxy) is 1. The summed E-state index contributed by atoms with van der Waals surface area (Å²) in [6.45, 7) is 9.17. The highest BCUT2D eigenvalue weighted by Gasteiger charge is 2.28. The van der Waals surface area contributed by atoms with Crippen molar-refractivity contribution in [3.8, 4) is 28.3 Å². The molecule has 4 N–H and O–H groups in total. The number of hydrogen-bond acceptors (Lipinski definition) is 10. The van der Waals surface area contributed by atoms with E-state index in [4.69, 9.17) is 4.74 Å². The Morgan fingerprint density at radius 3 is 2.13 bits per heavy atom. The van der Waals surface area contributed by atoms with Gasteiger partial charge >= 0.3 is 0 Å². The van der Waals surface area contributed by atoms with Crippen LogP contribution < -0.4 is 15.4 Å². The van der Waals surface area contributed by atoms with Crippen LogP contribution in [0.4, 0.5) is 0 Å². The zero-order chi connectivity index (χ0) is 37.8. The lowest BCUT2D eigenvalue weighted by molar-refractivity contribution is -0.128. The number of thiazole rings is 1. The normalized spacial score (nSPS) is 12.7. The summed E-state index contributed by atoms with van der Waals surface area (Å²) in [5.41, 5.74) is 5.61. The van der Waals surface area contributed by atoms with E-state index in [0.717, 1.165) is 45.9 Å². The summed E-state index contributed by atoms with van der Waals surface area (Å²) in [6.07, 6.45) is 8.06. The highest BCUT2D eigenvalue weighted by atomic mass is 32.1. The van der Waals surface area contributed by atoms with Gasteiger partial charge < -0.3 is 25.6 Å². The van der Waals surface area contributed by atoms with E-state index in [1.165, 1.54) is 48.4 Å².